The van der Waals surface area contributed by atoms with E-state index in [0.29, 0.717) is 12.2 Å². The van der Waals surface area contributed by atoms with Crippen LogP contribution in [0.5, 0.6) is 0 Å². The van der Waals surface area contributed by atoms with Gasteiger partial charge >= 0.3 is 5.97 Å². The van der Waals surface area contributed by atoms with E-state index in [9.17, 15) is 9.90 Å². The van der Waals surface area contributed by atoms with Gasteiger partial charge in [0.25, 0.3) is 0 Å². The van der Waals surface area contributed by atoms with Crippen molar-refractivity contribution in [3.63, 3.8) is 0 Å². The van der Waals surface area contributed by atoms with Gasteiger partial charge < -0.3 is 9.84 Å². The van der Waals surface area contributed by atoms with Crippen LogP contribution in [0.2, 0.25) is 0 Å². The van der Waals surface area contributed by atoms with Crippen LogP contribution in [0.15, 0.2) is 0 Å². The first-order chi connectivity index (χ1) is 8.79. The van der Waals surface area contributed by atoms with Crippen molar-refractivity contribution in [1.82, 2.24) is 15.0 Å². The maximum atomic E-state index is 11.2. The second-order valence-corrected chi connectivity index (χ2v) is 6.17. The van der Waals surface area contributed by atoms with Gasteiger partial charge in [0.05, 0.1) is 24.4 Å². The van der Waals surface area contributed by atoms with Crippen LogP contribution in [-0.2, 0) is 16.7 Å². The summed E-state index contributed by atoms with van der Waals surface area (Å²) < 4.78 is 7.45. The van der Waals surface area contributed by atoms with Gasteiger partial charge in [0.1, 0.15) is 0 Å². The molecule has 6 nitrogen and oxygen atoms in total. The van der Waals surface area contributed by atoms with E-state index in [0.717, 1.165) is 12.8 Å². The van der Waals surface area contributed by atoms with Gasteiger partial charge in [0.15, 0.2) is 5.69 Å². The number of rotatable bonds is 3. The molecule has 0 spiro atoms. The highest BCUT2D eigenvalue weighted by atomic mass is 16.5. The maximum Gasteiger partial charge on any atom is 0.358 e. The summed E-state index contributed by atoms with van der Waals surface area (Å²) >= 11 is 0. The highest BCUT2D eigenvalue weighted by Crippen LogP contribution is 2.27. The number of carboxylic acid groups (broad SMARTS) is 1. The van der Waals surface area contributed by atoms with Crippen molar-refractivity contribution in [3.05, 3.63) is 11.4 Å². The fourth-order valence-corrected chi connectivity index (χ4v) is 2.54. The van der Waals surface area contributed by atoms with E-state index < -0.39 is 5.97 Å². The lowest BCUT2D eigenvalue weighted by molar-refractivity contribution is 0.0423. The summed E-state index contributed by atoms with van der Waals surface area (Å²) in [6.07, 6.45) is 2.38. The standard InChI is InChI=1S/C13H21N3O3/c1-8-5-6-9(19-8)7-16-11(13(2,3)4)10(12(17)18)14-15-16/h8-9H,5-7H2,1-4H3,(H,17,18). The van der Waals surface area contributed by atoms with Crippen LogP contribution < -0.4 is 0 Å². The highest BCUT2D eigenvalue weighted by Gasteiger charge is 2.31. The van der Waals surface area contributed by atoms with Crippen molar-refractivity contribution in [2.75, 3.05) is 0 Å². The van der Waals surface area contributed by atoms with E-state index in [-0.39, 0.29) is 23.3 Å². The molecule has 6 heteroatoms. The lowest BCUT2D eigenvalue weighted by Crippen LogP contribution is -2.26. The second-order valence-electron chi connectivity index (χ2n) is 6.17. The average Bonchev–Trinajstić information content (AvgIpc) is 2.84. The van der Waals surface area contributed by atoms with Gasteiger partial charge in [-0.25, -0.2) is 9.48 Å². The molecule has 2 rings (SSSR count). The number of carboxylic acids is 1. The molecule has 1 N–H and O–H groups in total. The Labute approximate surface area is 112 Å². The fraction of sp³-hybridized carbons (Fsp3) is 0.769. The van der Waals surface area contributed by atoms with Gasteiger partial charge in [-0.2, -0.15) is 0 Å². The molecular weight excluding hydrogens is 246 g/mol. The molecule has 0 bridgehead atoms. The van der Waals surface area contributed by atoms with Crippen molar-refractivity contribution in [2.45, 2.75) is 64.7 Å². The van der Waals surface area contributed by atoms with Gasteiger partial charge in [0.2, 0.25) is 0 Å². The number of hydrogen-bond acceptors (Lipinski definition) is 4. The number of carbonyl (C=O) groups is 1. The van der Waals surface area contributed by atoms with Gasteiger partial charge in [-0.1, -0.05) is 26.0 Å². The van der Waals surface area contributed by atoms with Crippen LogP contribution in [0.3, 0.4) is 0 Å². The topological polar surface area (TPSA) is 77.2 Å². The van der Waals surface area contributed by atoms with Gasteiger partial charge in [-0.3, -0.25) is 0 Å². The summed E-state index contributed by atoms with van der Waals surface area (Å²) in [6, 6.07) is 0. The van der Waals surface area contributed by atoms with Gasteiger partial charge in [-0.15, -0.1) is 5.10 Å². The number of hydrogen-bond donors (Lipinski definition) is 1. The minimum Gasteiger partial charge on any atom is -0.476 e. The Balaban J connectivity index is 2.28. The first-order valence-corrected chi connectivity index (χ1v) is 6.61. The molecule has 0 aliphatic carbocycles. The molecule has 0 amide bonds. The summed E-state index contributed by atoms with van der Waals surface area (Å²) in [5.41, 5.74) is 0.378. The van der Waals surface area contributed by atoms with Crippen LogP contribution in [0.4, 0.5) is 0 Å². The molecular formula is C13H21N3O3. The van der Waals surface area contributed by atoms with E-state index in [4.69, 9.17) is 4.74 Å². The maximum absolute atomic E-state index is 11.2. The van der Waals surface area contributed by atoms with Crippen LogP contribution >= 0.6 is 0 Å². The Kier molecular flexibility index (Phi) is 3.62. The van der Waals surface area contributed by atoms with Crippen molar-refractivity contribution in [2.24, 2.45) is 0 Å². The lowest BCUT2D eigenvalue weighted by Gasteiger charge is -2.21. The summed E-state index contributed by atoms with van der Waals surface area (Å²) in [4.78, 5) is 11.2. The number of nitrogens with zero attached hydrogens (tertiary/aromatic N) is 3. The smallest absolute Gasteiger partial charge is 0.358 e. The second kappa shape index (κ2) is 4.92. The molecule has 1 aliphatic rings. The minimum atomic E-state index is -1.03. The zero-order chi connectivity index (χ0) is 14.2. The SMILES string of the molecule is CC1CCC(Cn2nnc(C(=O)O)c2C(C)(C)C)O1. The first kappa shape index (κ1) is 14.0. The molecule has 1 aromatic rings. The van der Waals surface area contributed by atoms with Crippen LogP contribution in [0.1, 0.15) is 56.7 Å². The Bertz CT molecular complexity index is 476. The van der Waals surface area contributed by atoms with E-state index in [1.165, 1.54) is 0 Å². The minimum absolute atomic E-state index is 0.0403. The summed E-state index contributed by atoms with van der Waals surface area (Å²) in [5, 5.41) is 17.0. The fourth-order valence-electron chi connectivity index (χ4n) is 2.54. The molecule has 0 radical (unpaired) electrons. The third-order valence-corrected chi connectivity index (χ3v) is 3.34. The van der Waals surface area contributed by atoms with Crippen molar-refractivity contribution in [1.29, 1.82) is 0 Å². The summed E-state index contributed by atoms with van der Waals surface area (Å²) in [6.45, 7) is 8.51. The molecule has 19 heavy (non-hydrogen) atoms. The quantitative estimate of drug-likeness (QED) is 0.904. The Hall–Kier alpha value is -1.43. The normalized spacial score (nSPS) is 23.8. The van der Waals surface area contributed by atoms with Crippen LogP contribution in [-0.4, -0.2) is 38.3 Å². The molecule has 2 unspecified atom stereocenters. The molecule has 1 fully saturated rings. The van der Waals surface area contributed by atoms with E-state index in [1.54, 1.807) is 4.68 Å². The summed E-state index contributed by atoms with van der Waals surface area (Å²) in [5.74, 6) is -1.03. The van der Waals surface area contributed by atoms with Gasteiger partial charge in [-0.05, 0) is 19.8 Å². The Morgan fingerprint density at radius 2 is 2.16 bits per heavy atom. The van der Waals surface area contributed by atoms with E-state index in [1.807, 2.05) is 20.8 Å². The molecule has 106 valence electrons. The zero-order valence-corrected chi connectivity index (χ0v) is 11.9. The number of aromatic nitrogens is 3. The van der Waals surface area contributed by atoms with Crippen molar-refractivity contribution in [3.8, 4) is 0 Å². The molecule has 1 aromatic heterocycles. The molecule has 1 aliphatic heterocycles. The van der Waals surface area contributed by atoms with E-state index >= 15 is 0 Å². The lowest BCUT2D eigenvalue weighted by atomic mass is 9.90. The van der Waals surface area contributed by atoms with Crippen molar-refractivity contribution >= 4 is 5.97 Å². The molecule has 0 aromatic carbocycles. The zero-order valence-electron chi connectivity index (χ0n) is 11.9. The number of aromatic carboxylic acids is 1. The molecule has 2 atom stereocenters. The Morgan fingerprint density at radius 1 is 1.47 bits per heavy atom. The van der Waals surface area contributed by atoms with Crippen LogP contribution in [0, 0.1) is 0 Å². The van der Waals surface area contributed by atoms with Crippen molar-refractivity contribution < 1.29 is 14.6 Å². The van der Waals surface area contributed by atoms with E-state index in [2.05, 4.69) is 17.2 Å². The summed E-state index contributed by atoms with van der Waals surface area (Å²) in [7, 11) is 0. The highest BCUT2D eigenvalue weighted by molar-refractivity contribution is 5.86. The third-order valence-electron chi connectivity index (χ3n) is 3.34. The third kappa shape index (κ3) is 2.94. The molecule has 0 saturated carbocycles. The average molecular weight is 267 g/mol. The molecule has 1 saturated heterocycles. The first-order valence-electron chi connectivity index (χ1n) is 6.61. The predicted octanol–water partition coefficient (Wildman–Crippen LogP) is 1.84. The van der Waals surface area contributed by atoms with Crippen LogP contribution in [0.25, 0.3) is 0 Å². The number of ether oxygens (including phenoxy) is 1. The van der Waals surface area contributed by atoms with Gasteiger partial charge in [0, 0.05) is 5.41 Å². The predicted molar refractivity (Wildman–Crippen MR) is 69.3 cm³/mol. The monoisotopic (exact) mass is 267 g/mol. The largest absolute Gasteiger partial charge is 0.476 e. The Morgan fingerprint density at radius 3 is 2.63 bits per heavy atom. The molecule has 2 heterocycles.